The van der Waals surface area contributed by atoms with Gasteiger partial charge in [0.05, 0.1) is 13.7 Å². The summed E-state index contributed by atoms with van der Waals surface area (Å²) in [5.74, 6) is 0.856. The van der Waals surface area contributed by atoms with Gasteiger partial charge in [-0.25, -0.2) is 0 Å². The van der Waals surface area contributed by atoms with Crippen molar-refractivity contribution in [1.29, 1.82) is 0 Å². The van der Waals surface area contributed by atoms with Crippen LogP contribution in [0, 0.1) is 0 Å². The molecule has 0 atom stereocenters. The van der Waals surface area contributed by atoms with Gasteiger partial charge in [-0.05, 0) is 37.1 Å². The molecule has 2 aromatic rings. The summed E-state index contributed by atoms with van der Waals surface area (Å²) in [5.41, 5.74) is 2.28. The number of carbonyl (C=O) groups is 1. The Morgan fingerprint density at radius 1 is 1.04 bits per heavy atom. The van der Waals surface area contributed by atoms with Crippen molar-refractivity contribution >= 4 is 5.91 Å². The molecular weight excluding hydrogens is 300 g/mol. The lowest BCUT2D eigenvalue weighted by Gasteiger charge is -2.26. The third kappa shape index (κ3) is 5.70. The monoisotopic (exact) mass is 326 g/mol. The van der Waals surface area contributed by atoms with E-state index in [2.05, 4.69) is 36.2 Å². The summed E-state index contributed by atoms with van der Waals surface area (Å²) in [6.45, 7) is 5.91. The molecule has 0 spiro atoms. The molecule has 0 fully saturated rings. The van der Waals surface area contributed by atoms with Crippen molar-refractivity contribution in [3.63, 3.8) is 0 Å². The average Bonchev–Trinajstić information content (AvgIpc) is 2.60. The molecule has 0 aliphatic carbocycles. The summed E-state index contributed by atoms with van der Waals surface area (Å²) in [6.07, 6.45) is 0. The SMILES string of the molecule is COc1ccc(CNC(=O)CN(Cc2ccccc2)C(C)C)cc1. The zero-order valence-electron chi connectivity index (χ0n) is 14.7. The van der Waals surface area contributed by atoms with Crippen molar-refractivity contribution in [2.45, 2.75) is 33.0 Å². The Kier molecular flexibility index (Phi) is 6.82. The first-order valence-electron chi connectivity index (χ1n) is 8.26. The maximum Gasteiger partial charge on any atom is 0.234 e. The summed E-state index contributed by atoms with van der Waals surface area (Å²) in [4.78, 5) is 14.4. The molecule has 0 saturated heterocycles. The summed E-state index contributed by atoms with van der Waals surface area (Å²) in [7, 11) is 1.64. The highest BCUT2D eigenvalue weighted by molar-refractivity contribution is 5.78. The van der Waals surface area contributed by atoms with E-state index in [1.54, 1.807) is 7.11 Å². The number of nitrogens with zero attached hydrogens (tertiary/aromatic N) is 1. The van der Waals surface area contributed by atoms with Crippen LogP contribution in [0.15, 0.2) is 54.6 Å². The van der Waals surface area contributed by atoms with Crippen LogP contribution in [0.1, 0.15) is 25.0 Å². The van der Waals surface area contributed by atoms with E-state index in [-0.39, 0.29) is 5.91 Å². The number of amides is 1. The third-order valence-electron chi connectivity index (χ3n) is 3.95. The zero-order chi connectivity index (χ0) is 17.4. The van der Waals surface area contributed by atoms with E-state index in [1.807, 2.05) is 42.5 Å². The summed E-state index contributed by atoms with van der Waals surface area (Å²) < 4.78 is 5.14. The minimum Gasteiger partial charge on any atom is -0.497 e. The van der Waals surface area contributed by atoms with Gasteiger partial charge in [0.2, 0.25) is 5.91 Å². The second-order valence-corrected chi connectivity index (χ2v) is 6.11. The third-order valence-corrected chi connectivity index (χ3v) is 3.95. The van der Waals surface area contributed by atoms with Crippen LogP contribution in [-0.4, -0.2) is 30.5 Å². The topological polar surface area (TPSA) is 41.6 Å². The van der Waals surface area contributed by atoms with Crippen molar-refractivity contribution < 1.29 is 9.53 Å². The molecule has 0 bridgehead atoms. The Bertz CT molecular complexity index is 624. The molecule has 0 radical (unpaired) electrons. The molecule has 1 amide bonds. The first-order chi connectivity index (χ1) is 11.6. The Labute approximate surface area is 144 Å². The standard InChI is InChI=1S/C20H26N2O2/c1-16(2)22(14-18-7-5-4-6-8-18)15-20(23)21-13-17-9-11-19(24-3)12-10-17/h4-12,16H,13-15H2,1-3H3,(H,21,23). The minimum absolute atomic E-state index is 0.0375. The number of benzene rings is 2. The second-order valence-electron chi connectivity index (χ2n) is 6.11. The predicted octanol–water partition coefficient (Wildman–Crippen LogP) is 3.22. The molecule has 0 saturated carbocycles. The highest BCUT2D eigenvalue weighted by Crippen LogP contribution is 2.11. The van der Waals surface area contributed by atoms with E-state index < -0.39 is 0 Å². The summed E-state index contributed by atoms with van der Waals surface area (Å²) in [5, 5.41) is 2.99. The van der Waals surface area contributed by atoms with E-state index in [0.717, 1.165) is 17.9 Å². The molecule has 0 aliphatic heterocycles. The molecule has 2 rings (SSSR count). The van der Waals surface area contributed by atoms with Crippen molar-refractivity contribution in [2.24, 2.45) is 0 Å². The Balaban J connectivity index is 1.85. The number of ether oxygens (including phenoxy) is 1. The van der Waals surface area contributed by atoms with Crippen molar-refractivity contribution in [3.8, 4) is 5.75 Å². The van der Waals surface area contributed by atoms with Crippen LogP contribution in [0.5, 0.6) is 5.75 Å². The first-order valence-corrected chi connectivity index (χ1v) is 8.26. The van der Waals surface area contributed by atoms with Crippen LogP contribution in [-0.2, 0) is 17.9 Å². The zero-order valence-corrected chi connectivity index (χ0v) is 14.7. The normalized spacial score (nSPS) is 10.9. The van der Waals surface area contributed by atoms with Gasteiger partial charge in [-0.1, -0.05) is 42.5 Å². The molecular formula is C20H26N2O2. The fourth-order valence-electron chi connectivity index (χ4n) is 2.42. The van der Waals surface area contributed by atoms with Gasteiger partial charge in [0.25, 0.3) is 0 Å². The maximum absolute atomic E-state index is 12.3. The molecule has 128 valence electrons. The first kappa shape index (κ1) is 18.0. The molecule has 0 aliphatic rings. The Morgan fingerprint density at radius 3 is 2.29 bits per heavy atom. The average molecular weight is 326 g/mol. The molecule has 0 unspecified atom stereocenters. The smallest absolute Gasteiger partial charge is 0.234 e. The number of carbonyl (C=O) groups excluding carboxylic acids is 1. The van der Waals surface area contributed by atoms with Crippen LogP contribution in [0.2, 0.25) is 0 Å². The minimum atomic E-state index is 0.0375. The molecule has 4 nitrogen and oxygen atoms in total. The van der Waals surface area contributed by atoms with Crippen molar-refractivity contribution in [2.75, 3.05) is 13.7 Å². The van der Waals surface area contributed by atoms with Gasteiger partial charge in [-0.3, -0.25) is 9.69 Å². The molecule has 24 heavy (non-hydrogen) atoms. The lowest BCUT2D eigenvalue weighted by molar-refractivity contribution is -0.123. The van der Waals surface area contributed by atoms with E-state index in [1.165, 1.54) is 5.56 Å². The van der Waals surface area contributed by atoms with Crippen LogP contribution < -0.4 is 10.1 Å². The van der Waals surface area contributed by atoms with Gasteiger partial charge in [-0.15, -0.1) is 0 Å². The lowest BCUT2D eigenvalue weighted by atomic mass is 10.2. The van der Waals surface area contributed by atoms with E-state index in [0.29, 0.717) is 19.1 Å². The quantitative estimate of drug-likeness (QED) is 0.810. The number of methoxy groups -OCH3 is 1. The highest BCUT2D eigenvalue weighted by Gasteiger charge is 2.14. The van der Waals surface area contributed by atoms with Crippen LogP contribution in [0.25, 0.3) is 0 Å². The predicted molar refractivity (Wildman–Crippen MR) is 96.8 cm³/mol. The van der Waals surface area contributed by atoms with Gasteiger partial charge < -0.3 is 10.1 Å². The van der Waals surface area contributed by atoms with Gasteiger partial charge in [0, 0.05) is 19.1 Å². The van der Waals surface area contributed by atoms with E-state index in [4.69, 9.17) is 4.74 Å². The lowest BCUT2D eigenvalue weighted by Crippen LogP contribution is -2.40. The molecule has 0 aromatic heterocycles. The van der Waals surface area contributed by atoms with Crippen molar-refractivity contribution in [1.82, 2.24) is 10.2 Å². The van der Waals surface area contributed by atoms with Crippen molar-refractivity contribution in [3.05, 3.63) is 65.7 Å². The second kappa shape index (κ2) is 9.08. The fourth-order valence-corrected chi connectivity index (χ4v) is 2.42. The van der Waals surface area contributed by atoms with Gasteiger partial charge >= 0.3 is 0 Å². The molecule has 4 heteroatoms. The van der Waals surface area contributed by atoms with Crippen LogP contribution in [0.4, 0.5) is 0 Å². The molecule has 0 heterocycles. The van der Waals surface area contributed by atoms with E-state index >= 15 is 0 Å². The van der Waals surface area contributed by atoms with Crippen LogP contribution >= 0.6 is 0 Å². The number of nitrogens with one attached hydrogen (secondary N) is 1. The fraction of sp³-hybridized carbons (Fsp3) is 0.350. The number of hydrogen-bond acceptors (Lipinski definition) is 3. The molecule has 2 aromatic carbocycles. The summed E-state index contributed by atoms with van der Waals surface area (Å²) in [6, 6.07) is 18.3. The Hall–Kier alpha value is -2.33. The summed E-state index contributed by atoms with van der Waals surface area (Å²) >= 11 is 0. The molecule has 1 N–H and O–H groups in total. The van der Waals surface area contributed by atoms with Gasteiger partial charge in [0.15, 0.2) is 0 Å². The number of hydrogen-bond donors (Lipinski definition) is 1. The maximum atomic E-state index is 12.3. The largest absolute Gasteiger partial charge is 0.497 e. The van der Waals surface area contributed by atoms with Gasteiger partial charge in [-0.2, -0.15) is 0 Å². The highest BCUT2D eigenvalue weighted by atomic mass is 16.5. The van der Waals surface area contributed by atoms with Crippen LogP contribution in [0.3, 0.4) is 0 Å². The van der Waals surface area contributed by atoms with E-state index in [9.17, 15) is 4.79 Å². The Morgan fingerprint density at radius 2 is 1.71 bits per heavy atom. The van der Waals surface area contributed by atoms with Gasteiger partial charge in [0.1, 0.15) is 5.75 Å². The number of rotatable bonds is 8.